The van der Waals surface area contributed by atoms with Crippen LogP contribution in [0.25, 0.3) is 10.1 Å². The largest absolute Gasteiger partial charge is 0.349 e. The van der Waals surface area contributed by atoms with E-state index in [9.17, 15) is 9.18 Å². The van der Waals surface area contributed by atoms with Crippen molar-refractivity contribution < 1.29 is 9.18 Å². The topological polar surface area (TPSA) is 32.3 Å². The number of hydrogen-bond donors (Lipinski definition) is 1. The van der Waals surface area contributed by atoms with E-state index in [1.807, 2.05) is 12.1 Å². The van der Waals surface area contributed by atoms with Gasteiger partial charge in [0.15, 0.2) is 0 Å². The highest BCUT2D eigenvalue weighted by molar-refractivity contribution is 7.20. The zero-order chi connectivity index (χ0) is 17.9. The van der Waals surface area contributed by atoms with Gasteiger partial charge in [0.1, 0.15) is 5.82 Å². The third-order valence-corrected chi connectivity index (χ3v) is 6.00. The number of piperidine rings is 1. The van der Waals surface area contributed by atoms with Gasteiger partial charge in [-0.15, -0.1) is 11.3 Å². The molecule has 0 aliphatic carbocycles. The van der Waals surface area contributed by atoms with Crippen molar-refractivity contribution in [2.45, 2.75) is 25.4 Å². The first-order valence-electron chi connectivity index (χ1n) is 8.94. The second-order valence-electron chi connectivity index (χ2n) is 6.77. The maximum atomic E-state index is 13.8. The van der Waals surface area contributed by atoms with E-state index < -0.39 is 0 Å². The lowest BCUT2D eigenvalue weighted by molar-refractivity contribution is 0.0913. The number of rotatable bonds is 4. The minimum Gasteiger partial charge on any atom is -0.349 e. The van der Waals surface area contributed by atoms with Crippen LogP contribution in [0.5, 0.6) is 0 Å². The predicted octanol–water partition coefficient (Wildman–Crippen LogP) is 4.43. The molecule has 0 bridgehead atoms. The van der Waals surface area contributed by atoms with Crippen LogP contribution in [0.2, 0.25) is 0 Å². The Morgan fingerprint density at radius 3 is 2.62 bits per heavy atom. The second-order valence-corrected chi connectivity index (χ2v) is 7.86. The lowest BCUT2D eigenvalue weighted by atomic mass is 10.0. The molecule has 1 fully saturated rings. The van der Waals surface area contributed by atoms with E-state index in [1.165, 1.54) is 23.0 Å². The van der Waals surface area contributed by atoms with Gasteiger partial charge in [0, 0.05) is 35.8 Å². The number of likely N-dealkylation sites (tertiary alicyclic amines) is 1. The standard InChI is InChI=1S/C21H21FN2OS/c22-18-7-4-8-19-17(18)13-20(26-19)21(25)23-16-9-11-24(12-10-16)14-15-5-2-1-3-6-15/h1-8,13,16H,9-12,14H2,(H,23,25). The van der Waals surface area contributed by atoms with Crippen LogP contribution >= 0.6 is 11.3 Å². The molecule has 5 heteroatoms. The van der Waals surface area contributed by atoms with Crippen molar-refractivity contribution in [3.05, 3.63) is 70.9 Å². The monoisotopic (exact) mass is 368 g/mol. The lowest BCUT2D eigenvalue weighted by Gasteiger charge is -2.32. The summed E-state index contributed by atoms with van der Waals surface area (Å²) in [6.45, 7) is 2.90. The van der Waals surface area contributed by atoms with E-state index in [-0.39, 0.29) is 17.8 Å². The number of benzene rings is 2. The van der Waals surface area contributed by atoms with Crippen molar-refractivity contribution in [2.75, 3.05) is 13.1 Å². The van der Waals surface area contributed by atoms with E-state index in [2.05, 4.69) is 34.5 Å². The number of thiophene rings is 1. The summed E-state index contributed by atoms with van der Waals surface area (Å²) in [7, 11) is 0. The van der Waals surface area contributed by atoms with Crippen molar-refractivity contribution in [2.24, 2.45) is 0 Å². The van der Waals surface area contributed by atoms with Gasteiger partial charge in [0.2, 0.25) is 0 Å². The van der Waals surface area contributed by atoms with Crippen molar-refractivity contribution in [3.63, 3.8) is 0 Å². The van der Waals surface area contributed by atoms with E-state index in [0.717, 1.165) is 37.2 Å². The molecule has 0 saturated carbocycles. The molecule has 26 heavy (non-hydrogen) atoms. The van der Waals surface area contributed by atoms with Crippen LogP contribution in [-0.4, -0.2) is 29.9 Å². The van der Waals surface area contributed by atoms with E-state index >= 15 is 0 Å². The number of nitrogens with zero attached hydrogens (tertiary/aromatic N) is 1. The highest BCUT2D eigenvalue weighted by atomic mass is 32.1. The molecule has 3 nitrogen and oxygen atoms in total. The summed E-state index contributed by atoms with van der Waals surface area (Å²) >= 11 is 1.35. The first-order valence-corrected chi connectivity index (χ1v) is 9.76. The first-order chi connectivity index (χ1) is 12.7. The molecule has 1 saturated heterocycles. The number of hydrogen-bond acceptors (Lipinski definition) is 3. The molecular formula is C21H21FN2OS. The van der Waals surface area contributed by atoms with Crippen molar-refractivity contribution in [1.29, 1.82) is 0 Å². The minimum absolute atomic E-state index is 0.0906. The molecule has 0 spiro atoms. The zero-order valence-electron chi connectivity index (χ0n) is 14.5. The number of carbonyl (C=O) groups excluding carboxylic acids is 1. The predicted molar refractivity (Wildman–Crippen MR) is 104 cm³/mol. The average molecular weight is 368 g/mol. The van der Waals surface area contributed by atoms with Crippen LogP contribution in [0.15, 0.2) is 54.6 Å². The molecule has 3 aromatic rings. The van der Waals surface area contributed by atoms with Gasteiger partial charge in [0.25, 0.3) is 5.91 Å². The molecule has 0 atom stereocenters. The Hall–Kier alpha value is -2.24. The molecule has 1 aliphatic heterocycles. The van der Waals surface area contributed by atoms with Gasteiger partial charge in [-0.2, -0.15) is 0 Å². The first kappa shape index (κ1) is 17.2. The van der Waals surface area contributed by atoms with Crippen LogP contribution in [0, 0.1) is 5.82 Å². The summed E-state index contributed by atoms with van der Waals surface area (Å²) in [5.41, 5.74) is 1.32. The third kappa shape index (κ3) is 3.79. The molecule has 1 aliphatic rings. The number of halogens is 1. The molecule has 0 unspecified atom stereocenters. The summed E-state index contributed by atoms with van der Waals surface area (Å²) in [5, 5.41) is 3.65. The minimum atomic E-state index is -0.271. The number of carbonyl (C=O) groups is 1. The Labute approximate surface area is 156 Å². The second kappa shape index (κ2) is 7.56. The van der Waals surface area contributed by atoms with Gasteiger partial charge >= 0.3 is 0 Å². The van der Waals surface area contributed by atoms with E-state index in [4.69, 9.17) is 0 Å². The van der Waals surface area contributed by atoms with Gasteiger partial charge in [-0.05, 0) is 36.6 Å². The van der Waals surface area contributed by atoms with Crippen molar-refractivity contribution in [3.8, 4) is 0 Å². The molecule has 2 aromatic carbocycles. The zero-order valence-corrected chi connectivity index (χ0v) is 15.3. The highest BCUT2D eigenvalue weighted by Gasteiger charge is 2.22. The molecular weight excluding hydrogens is 347 g/mol. The lowest BCUT2D eigenvalue weighted by Crippen LogP contribution is -2.44. The van der Waals surface area contributed by atoms with Gasteiger partial charge in [0.05, 0.1) is 4.88 Å². The Morgan fingerprint density at radius 2 is 1.88 bits per heavy atom. The van der Waals surface area contributed by atoms with Gasteiger partial charge in [-0.3, -0.25) is 9.69 Å². The van der Waals surface area contributed by atoms with E-state index in [0.29, 0.717) is 10.3 Å². The van der Waals surface area contributed by atoms with Crippen LogP contribution in [0.3, 0.4) is 0 Å². The fourth-order valence-corrected chi connectivity index (χ4v) is 4.45. The summed E-state index contributed by atoms with van der Waals surface area (Å²) in [4.78, 5) is 15.5. The highest BCUT2D eigenvalue weighted by Crippen LogP contribution is 2.27. The summed E-state index contributed by atoms with van der Waals surface area (Å²) < 4.78 is 14.6. The summed E-state index contributed by atoms with van der Waals surface area (Å²) in [6.07, 6.45) is 1.88. The van der Waals surface area contributed by atoms with Crippen LogP contribution in [0.1, 0.15) is 28.1 Å². The smallest absolute Gasteiger partial charge is 0.261 e. The maximum absolute atomic E-state index is 13.8. The number of amides is 1. The fourth-order valence-electron chi connectivity index (χ4n) is 3.47. The molecule has 134 valence electrons. The quantitative estimate of drug-likeness (QED) is 0.739. The number of nitrogens with one attached hydrogen (secondary N) is 1. The normalized spacial score (nSPS) is 16.0. The fraction of sp³-hybridized carbons (Fsp3) is 0.286. The molecule has 2 heterocycles. The molecule has 0 radical (unpaired) electrons. The van der Waals surface area contributed by atoms with E-state index in [1.54, 1.807) is 12.1 Å². The summed E-state index contributed by atoms with van der Waals surface area (Å²) in [5.74, 6) is -0.362. The van der Waals surface area contributed by atoms with Crippen molar-refractivity contribution >= 4 is 27.3 Å². The van der Waals surface area contributed by atoms with Gasteiger partial charge in [-0.25, -0.2) is 4.39 Å². The van der Waals surface area contributed by atoms with Crippen LogP contribution in [-0.2, 0) is 6.54 Å². The molecule has 1 amide bonds. The Kier molecular flexibility index (Phi) is 5.00. The third-order valence-electron chi connectivity index (χ3n) is 4.90. The summed E-state index contributed by atoms with van der Waals surface area (Å²) in [6, 6.07) is 17.3. The van der Waals surface area contributed by atoms with Gasteiger partial charge in [-0.1, -0.05) is 36.4 Å². The Morgan fingerprint density at radius 1 is 1.12 bits per heavy atom. The van der Waals surface area contributed by atoms with Crippen LogP contribution in [0.4, 0.5) is 4.39 Å². The van der Waals surface area contributed by atoms with Crippen LogP contribution < -0.4 is 5.32 Å². The SMILES string of the molecule is O=C(NC1CCN(Cc2ccccc2)CC1)c1cc2c(F)cccc2s1. The van der Waals surface area contributed by atoms with Gasteiger partial charge < -0.3 is 5.32 Å². The molecule has 1 N–H and O–H groups in total. The Balaban J connectivity index is 1.33. The maximum Gasteiger partial charge on any atom is 0.261 e. The molecule has 1 aromatic heterocycles. The average Bonchev–Trinajstić information content (AvgIpc) is 3.10. The number of fused-ring (bicyclic) bond motifs is 1. The molecule has 4 rings (SSSR count). The Bertz CT molecular complexity index is 901. The van der Waals surface area contributed by atoms with Crippen molar-refractivity contribution in [1.82, 2.24) is 10.2 Å².